The van der Waals surface area contributed by atoms with Crippen molar-refractivity contribution in [2.45, 2.75) is 62.3 Å². The molecule has 2 unspecified atom stereocenters. The van der Waals surface area contributed by atoms with E-state index in [1.54, 1.807) is 6.07 Å². The normalized spacial score (nSPS) is 26.4. The maximum Gasteiger partial charge on any atom is 0.319 e. The van der Waals surface area contributed by atoms with Crippen molar-refractivity contribution in [3.63, 3.8) is 0 Å². The molecule has 46 heavy (non-hydrogen) atoms. The molecule has 4 atom stereocenters. The van der Waals surface area contributed by atoms with Crippen molar-refractivity contribution in [1.82, 2.24) is 24.8 Å². The average molecular weight is 634 g/mol. The van der Waals surface area contributed by atoms with Crippen LogP contribution in [0.2, 0.25) is 0 Å². The van der Waals surface area contributed by atoms with Crippen LogP contribution in [-0.4, -0.2) is 99.5 Å². The van der Waals surface area contributed by atoms with Gasteiger partial charge in [0.05, 0.1) is 10.9 Å². The van der Waals surface area contributed by atoms with E-state index in [4.69, 9.17) is 15.5 Å². The number of phenolic OH excluding ortho intramolecular Hbond substituents is 1. The number of pyridine rings is 1. The van der Waals surface area contributed by atoms with Crippen molar-refractivity contribution in [1.29, 1.82) is 0 Å². The summed E-state index contributed by atoms with van der Waals surface area (Å²) in [5.74, 6) is -0.896. The van der Waals surface area contributed by atoms with Crippen molar-refractivity contribution in [2.24, 2.45) is 5.73 Å². The van der Waals surface area contributed by atoms with Gasteiger partial charge in [-0.1, -0.05) is 12.1 Å². The number of aromatic nitrogens is 3. The van der Waals surface area contributed by atoms with E-state index >= 15 is 8.78 Å². The highest BCUT2D eigenvalue weighted by molar-refractivity contribution is 6.00. The molecule has 4 fully saturated rings. The highest BCUT2D eigenvalue weighted by Gasteiger charge is 2.49. The summed E-state index contributed by atoms with van der Waals surface area (Å²) in [6.07, 6.45) is 5.86. The highest BCUT2D eigenvalue weighted by Crippen LogP contribution is 2.42. The third-order valence-electron chi connectivity index (χ3n) is 10.6. The monoisotopic (exact) mass is 633 g/mol. The lowest BCUT2D eigenvalue weighted by Gasteiger charge is -2.42. The molecule has 0 radical (unpaired) electrons. The Labute approximate surface area is 265 Å². The standard InChI is InChI=1S/C34H38F3N7O2/c35-21-14-34(8-2-10-43(34)16-21)19-46-33-40-31-26(32(41-33)42-17-22-6-7-23(18-42)44(22)11-3-9-38)15-39-30(29(31)37)25-13-24(45)12-20-4-1-5-27(36)28(20)25/h1,4-5,12-13,15,21-23,45H,2-3,6-11,14,16-19,38H2/t21-,22?,23?,34+/m1/s1. The molecule has 242 valence electrons. The van der Waals surface area contributed by atoms with E-state index in [1.165, 1.54) is 30.5 Å². The number of halogens is 3. The van der Waals surface area contributed by atoms with Gasteiger partial charge in [-0.2, -0.15) is 9.97 Å². The number of nitrogens with two attached hydrogens (primary N) is 1. The van der Waals surface area contributed by atoms with Gasteiger partial charge in [-0.15, -0.1) is 0 Å². The van der Waals surface area contributed by atoms with Crippen LogP contribution in [0.15, 0.2) is 36.5 Å². The highest BCUT2D eigenvalue weighted by atomic mass is 19.1. The Kier molecular flexibility index (Phi) is 7.41. The van der Waals surface area contributed by atoms with Crippen LogP contribution < -0.4 is 15.4 Å². The largest absolute Gasteiger partial charge is 0.508 e. The van der Waals surface area contributed by atoms with E-state index in [0.717, 1.165) is 45.2 Å². The number of phenols is 1. The SMILES string of the molecule is NCCCN1C2CCC1CN(c1nc(OC[C@@]34CCCN3C[C@H](F)C4)nc3c(F)c(-c4cc(O)cc5cccc(F)c45)ncc13)C2. The number of alkyl halides is 1. The molecular formula is C34H38F3N7O2. The zero-order valence-corrected chi connectivity index (χ0v) is 25.6. The number of fused-ring (bicyclic) bond motifs is 5. The Balaban J connectivity index is 1.22. The van der Waals surface area contributed by atoms with Crippen LogP contribution in [0.25, 0.3) is 32.9 Å². The molecule has 0 saturated carbocycles. The Hall–Kier alpha value is -3.74. The molecule has 2 aromatic heterocycles. The molecule has 4 aromatic rings. The summed E-state index contributed by atoms with van der Waals surface area (Å²) in [6.45, 7) is 4.43. The van der Waals surface area contributed by atoms with Gasteiger partial charge in [0.15, 0.2) is 5.82 Å². The van der Waals surface area contributed by atoms with Gasteiger partial charge in [0.25, 0.3) is 0 Å². The second-order valence-electron chi connectivity index (χ2n) is 13.4. The zero-order valence-electron chi connectivity index (χ0n) is 25.6. The molecule has 2 aromatic carbocycles. The number of rotatable bonds is 8. The number of piperazine rings is 1. The minimum Gasteiger partial charge on any atom is -0.508 e. The van der Waals surface area contributed by atoms with Crippen LogP contribution in [0.3, 0.4) is 0 Å². The molecule has 3 N–H and O–H groups in total. The van der Waals surface area contributed by atoms with E-state index < -0.39 is 23.3 Å². The second kappa shape index (κ2) is 11.5. The molecule has 8 rings (SSSR count). The van der Waals surface area contributed by atoms with Crippen LogP contribution >= 0.6 is 0 Å². The lowest BCUT2D eigenvalue weighted by Crippen LogP contribution is -2.54. The summed E-state index contributed by atoms with van der Waals surface area (Å²) in [5, 5.41) is 11.5. The van der Waals surface area contributed by atoms with Crippen LogP contribution in [0, 0.1) is 11.6 Å². The second-order valence-corrected chi connectivity index (χ2v) is 13.4. The van der Waals surface area contributed by atoms with E-state index in [0.29, 0.717) is 61.3 Å². The van der Waals surface area contributed by atoms with Gasteiger partial charge in [0.2, 0.25) is 0 Å². The van der Waals surface area contributed by atoms with Crippen LogP contribution in [0.5, 0.6) is 11.8 Å². The van der Waals surface area contributed by atoms with Gasteiger partial charge < -0.3 is 20.5 Å². The predicted octanol–water partition coefficient (Wildman–Crippen LogP) is 4.79. The Morgan fingerprint density at radius 1 is 1.09 bits per heavy atom. The molecule has 9 nitrogen and oxygen atoms in total. The van der Waals surface area contributed by atoms with Crippen LogP contribution in [-0.2, 0) is 0 Å². The molecular weight excluding hydrogens is 595 g/mol. The lowest BCUT2D eigenvalue weighted by atomic mass is 9.95. The molecule has 12 heteroatoms. The summed E-state index contributed by atoms with van der Waals surface area (Å²) in [5.41, 5.74) is 5.39. The first kappa shape index (κ1) is 29.6. The summed E-state index contributed by atoms with van der Waals surface area (Å²) < 4.78 is 52.6. The Morgan fingerprint density at radius 2 is 1.91 bits per heavy atom. The fourth-order valence-electron chi connectivity index (χ4n) is 8.52. The van der Waals surface area contributed by atoms with Gasteiger partial charge >= 0.3 is 6.01 Å². The van der Waals surface area contributed by atoms with Crippen molar-refractivity contribution in [3.8, 4) is 23.0 Å². The van der Waals surface area contributed by atoms with Gasteiger partial charge in [-0.3, -0.25) is 14.8 Å². The third-order valence-corrected chi connectivity index (χ3v) is 10.6. The lowest BCUT2D eigenvalue weighted by molar-refractivity contribution is 0.107. The van der Waals surface area contributed by atoms with E-state index in [-0.39, 0.29) is 40.5 Å². The fraction of sp³-hybridized carbons (Fsp3) is 0.500. The van der Waals surface area contributed by atoms with Crippen molar-refractivity contribution in [2.75, 3.05) is 50.8 Å². The first-order valence-electron chi connectivity index (χ1n) is 16.3. The minimum absolute atomic E-state index is 0.00584. The zero-order chi connectivity index (χ0) is 31.6. The number of hydrogen-bond acceptors (Lipinski definition) is 9. The number of ether oxygens (including phenoxy) is 1. The summed E-state index contributed by atoms with van der Waals surface area (Å²) in [7, 11) is 0. The smallest absolute Gasteiger partial charge is 0.319 e. The van der Waals surface area contributed by atoms with Gasteiger partial charge in [0, 0.05) is 61.8 Å². The molecule has 4 aliphatic heterocycles. The summed E-state index contributed by atoms with van der Waals surface area (Å²) in [4.78, 5) is 20.8. The third kappa shape index (κ3) is 4.92. The number of benzene rings is 2. The molecule has 0 aliphatic carbocycles. The van der Waals surface area contributed by atoms with E-state index in [2.05, 4.69) is 24.7 Å². The average Bonchev–Trinajstić information content (AvgIpc) is 3.64. The molecule has 0 amide bonds. The predicted molar refractivity (Wildman–Crippen MR) is 170 cm³/mol. The maximum atomic E-state index is 16.7. The van der Waals surface area contributed by atoms with E-state index in [1.807, 2.05) is 0 Å². The minimum atomic E-state index is -0.911. The number of aromatic hydroxyl groups is 1. The summed E-state index contributed by atoms with van der Waals surface area (Å²) >= 11 is 0. The fourth-order valence-corrected chi connectivity index (χ4v) is 8.52. The van der Waals surface area contributed by atoms with Crippen molar-refractivity contribution >= 4 is 27.5 Å². The van der Waals surface area contributed by atoms with Crippen LogP contribution in [0.1, 0.15) is 38.5 Å². The van der Waals surface area contributed by atoms with Gasteiger partial charge in [-0.25, -0.2) is 13.2 Å². The van der Waals surface area contributed by atoms with Gasteiger partial charge in [-0.05, 0) is 68.8 Å². The molecule has 0 spiro atoms. The van der Waals surface area contributed by atoms with Gasteiger partial charge in [0.1, 0.15) is 41.4 Å². The molecule has 4 saturated heterocycles. The Morgan fingerprint density at radius 3 is 2.72 bits per heavy atom. The Bertz CT molecular complexity index is 1800. The number of hydrogen-bond donors (Lipinski definition) is 2. The van der Waals surface area contributed by atoms with E-state index in [9.17, 15) is 9.50 Å². The maximum absolute atomic E-state index is 16.7. The van der Waals surface area contributed by atoms with Crippen LogP contribution in [0.4, 0.5) is 19.0 Å². The first-order valence-corrected chi connectivity index (χ1v) is 16.3. The number of nitrogens with zero attached hydrogens (tertiary/aromatic N) is 6. The quantitative estimate of drug-likeness (QED) is 0.284. The molecule has 4 aliphatic rings. The number of anilines is 1. The van der Waals surface area contributed by atoms with Crippen molar-refractivity contribution < 1.29 is 23.0 Å². The summed E-state index contributed by atoms with van der Waals surface area (Å²) in [6, 6.07) is 7.92. The van der Waals surface area contributed by atoms with Crippen molar-refractivity contribution in [3.05, 3.63) is 48.2 Å². The molecule has 6 heterocycles. The molecule has 2 bridgehead atoms. The topological polar surface area (TPSA) is 104 Å². The first-order chi connectivity index (χ1) is 22.3.